The Labute approximate surface area is 101 Å². The van der Waals surface area contributed by atoms with Crippen LogP contribution in [-0.2, 0) is 0 Å². The van der Waals surface area contributed by atoms with Crippen molar-refractivity contribution in [2.24, 2.45) is 0 Å². The average Bonchev–Trinajstić information content (AvgIpc) is 2.37. The fourth-order valence-corrected chi connectivity index (χ4v) is 2.19. The number of aliphatic hydroxyl groups excluding tert-OH is 1. The van der Waals surface area contributed by atoms with Crippen LogP contribution in [0.25, 0.3) is 0 Å². The second-order valence-electron chi connectivity index (χ2n) is 4.33. The molecule has 5 heteroatoms. The highest BCUT2D eigenvalue weighted by atomic mass is 16.3. The molecular weight excluding hydrogens is 216 g/mol. The molecule has 1 saturated heterocycles. The number of piperidine rings is 1. The third-order valence-corrected chi connectivity index (χ3v) is 3.05. The van der Waals surface area contributed by atoms with Crippen molar-refractivity contribution in [2.45, 2.75) is 32.2 Å². The van der Waals surface area contributed by atoms with Crippen molar-refractivity contribution in [3.63, 3.8) is 0 Å². The summed E-state index contributed by atoms with van der Waals surface area (Å²) in [6.45, 7) is 2.81. The number of hydrogen-bond acceptors (Lipinski definition) is 5. The minimum Gasteiger partial charge on any atom is -0.394 e. The van der Waals surface area contributed by atoms with Crippen molar-refractivity contribution >= 4 is 5.95 Å². The van der Waals surface area contributed by atoms with Gasteiger partial charge in [-0.1, -0.05) is 0 Å². The molecule has 0 spiro atoms. The molecule has 0 saturated carbocycles. The van der Waals surface area contributed by atoms with Gasteiger partial charge in [-0.25, -0.2) is 9.97 Å². The van der Waals surface area contributed by atoms with E-state index in [-0.39, 0.29) is 12.6 Å². The van der Waals surface area contributed by atoms with Crippen LogP contribution in [0.1, 0.15) is 30.7 Å². The molecule has 0 radical (unpaired) electrons. The van der Waals surface area contributed by atoms with Gasteiger partial charge in [0.25, 0.3) is 0 Å². The average molecular weight is 232 g/mol. The molecule has 1 aromatic heterocycles. The van der Waals surface area contributed by atoms with Gasteiger partial charge in [0.2, 0.25) is 5.95 Å². The highest BCUT2D eigenvalue weighted by molar-refractivity contribution is 5.37. The zero-order chi connectivity index (χ0) is 12.3. The van der Waals surface area contributed by atoms with Gasteiger partial charge in [0.1, 0.15) is 11.8 Å². The van der Waals surface area contributed by atoms with E-state index in [1.165, 1.54) is 0 Å². The van der Waals surface area contributed by atoms with E-state index >= 15 is 0 Å². The Kier molecular flexibility index (Phi) is 3.55. The number of nitriles is 1. The smallest absolute Gasteiger partial charge is 0.227 e. The van der Waals surface area contributed by atoms with Crippen molar-refractivity contribution in [3.8, 4) is 6.07 Å². The molecule has 0 aromatic carbocycles. The topological polar surface area (TPSA) is 73.0 Å². The number of hydrogen-bond donors (Lipinski definition) is 1. The van der Waals surface area contributed by atoms with Crippen LogP contribution in [0.3, 0.4) is 0 Å². The van der Waals surface area contributed by atoms with Crippen LogP contribution in [0.2, 0.25) is 0 Å². The summed E-state index contributed by atoms with van der Waals surface area (Å²) in [7, 11) is 0. The summed E-state index contributed by atoms with van der Waals surface area (Å²) < 4.78 is 0. The molecule has 1 atom stereocenters. The minimum absolute atomic E-state index is 0.0806. The van der Waals surface area contributed by atoms with E-state index < -0.39 is 0 Å². The van der Waals surface area contributed by atoms with E-state index in [4.69, 9.17) is 5.26 Å². The largest absolute Gasteiger partial charge is 0.394 e. The summed E-state index contributed by atoms with van der Waals surface area (Å²) in [6, 6.07) is 3.79. The Bertz CT molecular complexity index is 441. The second kappa shape index (κ2) is 5.11. The summed E-state index contributed by atoms with van der Waals surface area (Å²) in [4.78, 5) is 10.6. The lowest BCUT2D eigenvalue weighted by Gasteiger charge is -2.34. The number of rotatable bonds is 2. The zero-order valence-electron chi connectivity index (χ0n) is 9.93. The molecule has 17 heavy (non-hydrogen) atoms. The van der Waals surface area contributed by atoms with Crippen molar-refractivity contribution < 1.29 is 5.11 Å². The fourth-order valence-electron chi connectivity index (χ4n) is 2.19. The van der Waals surface area contributed by atoms with Crippen molar-refractivity contribution in [1.29, 1.82) is 5.26 Å². The minimum atomic E-state index is 0.0806. The monoisotopic (exact) mass is 232 g/mol. The first-order chi connectivity index (χ1) is 8.24. The fraction of sp³-hybridized carbons (Fsp3) is 0.583. The first-order valence-corrected chi connectivity index (χ1v) is 5.88. The van der Waals surface area contributed by atoms with E-state index in [1.807, 2.05) is 17.9 Å². The summed E-state index contributed by atoms with van der Waals surface area (Å²) in [5.74, 6) is 0.570. The second-order valence-corrected chi connectivity index (χ2v) is 4.33. The van der Waals surface area contributed by atoms with Gasteiger partial charge in [-0.2, -0.15) is 5.26 Å². The maximum absolute atomic E-state index is 9.36. The molecule has 2 rings (SSSR count). The van der Waals surface area contributed by atoms with E-state index in [0.29, 0.717) is 11.6 Å². The molecule has 0 amide bonds. The summed E-state index contributed by atoms with van der Waals surface area (Å²) in [6.07, 6.45) is 3.16. The van der Waals surface area contributed by atoms with E-state index in [9.17, 15) is 5.11 Å². The molecule has 5 nitrogen and oxygen atoms in total. The highest BCUT2D eigenvalue weighted by Gasteiger charge is 2.24. The maximum Gasteiger partial charge on any atom is 0.227 e. The number of aromatic nitrogens is 2. The zero-order valence-corrected chi connectivity index (χ0v) is 9.93. The van der Waals surface area contributed by atoms with Crippen LogP contribution in [0.4, 0.5) is 5.95 Å². The van der Waals surface area contributed by atoms with Crippen molar-refractivity contribution in [2.75, 3.05) is 18.1 Å². The molecular formula is C12H16N4O. The number of aryl methyl sites for hydroxylation is 1. The molecule has 1 unspecified atom stereocenters. The Morgan fingerprint density at radius 1 is 1.53 bits per heavy atom. The van der Waals surface area contributed by atoms with E-state index in [2.05, 4.69) is 9.97 Å². The van der Waals surface area contributed by atoms with Gasteiger partial charge < -0.3 is 10.0 Å². The van der Waals surface area contributed by atoms with Crippen LogP contribution in [0, 0.1) is 18.3 Å². The lowest BCUT2D eigenvalue weighted by atomic mass is 10.0. The van der Waals surface area contributed by atoms with Gasteiger partial charge in [-0.3, -0.25) is 0 Å². The van der Waals surface area contributed by atoms with Gasteiger partial charge >= 0.3 is 0 Å². The molecule has 1 fully saturated rings. The van der Waals surface area contributed by atoms with Crippen LogP contribution in [0.5, 0.6) is 0 Å². The lowest BCUT2D eigenvalue weighted by molar-refractivity contribution is 0.238. The van der Waals surface area contributed by atoms with Crippen molar-refractivity contribution in [3.05, 3.63) is 17.5 Å². The number of aliphatic hydroxyl groups is 1. The Morgan fingerprint density at radius 3 is 3.06 bits per heavy atom. The standard InChI is InChI=1S/C12H16N4O/c1-9-6-10(7-13)15-12(14-9)16-5-3-2-4-11(16)8-17/h6,11,17H,2-5,8H2,1H3. The first kappa shape index (κ1) is 11.8. The van der Waals surface area contributed by atoms with Gasteiger partial charge in [0, 0.05) is 12.2 Å². The van der Waals surface area contributed by atoms with Gasteiger partial charge in [0.15, 0.2) is 0 Å². The number of anilines is 1. The molecule has 1 aliphatic heterocycles. The van der Waals surface area contributed by atoms with E-state index in [1.54, 1.807) is 6.07 Å². The van der Waals surface area contributed by atoms with Gasteiger partial charge in [-0.15, -0.1) is 0 Å². The van der Waals surface area contributed by atoms with Crippen LogP contribution in [-0.4, -0.2) is 34.3 Å². The normalized spacial score (nSPS) is 20.1. The van der Waals surface area contributed by atoms with Gasteiger partial charge in [-0.05, 0) is 32.3 Å². The Morgan fingerprint density at radius 2 is 2.35 bits per heavy atom. The Hall–Kier alpha value is -1.67. The van der Waals surface area contributed by atoms with Crippen LogP contribution >= 0.6 is 0 Å². The number of nitrogens with zero attached hydrogens (tertiary/aromatic N) is 4. The molecule has 90 valence electrons. The predicted octanol–water partition coefficient (Wildman–Crippen LogP) is 1.01. The predicted molar refractivity (Wildman–Crippen MR) is 63.6 cm³/mol. The highest BCUT2D eigenvalue weighted by Crippen LogP contribution is 2.21. The van der Waals surface area contributed by atoms with Crippen molar-refractivity contribution in [1.82, 2.24) is 9.97 Å². The first-order valence-electron chi connectivity index (χ1n) is 5.88. The maximum atomic E-state index is 9.36. The van der Waals surface area contributed by atoms with Gasteiger partial charge in [0.05, 0.1) is 12.6 Å². The Balaban J connectivity index is 2.31. The SMILES string of the molecule is Cc1cc(C#N)nc(N2CCCCC2CO)n1. The molecule has 2 heterocycles. The molecule has 0 bridgehead atoms. The van der Waals surface area contributed by atoms with E-state index in [0.717, 1.165) is 31.5 Å². The van der Waals surface area contributed by atoms with Crippen LogP contribution in [0.15, 0.2) is 6.07 Å². The molecule has 1 N–H and O–H groups in total. The molecule has 1 aliphatic rings. The quantitative estimate of drug-likeness (QED) is 0.823. The van der Waals surface area contributed by atoms with Crippen LogP contribution < -0.4 is 4.90 Å². The third kappa shape index (κ3) is 2.53. The lowest BCUT2D eigenvalue weighted by Crippen LogP contribution is -2.43. The molecule has 1 aromatic rings. The summed E-state index contributed by atoms with van der Waals surface area (Å²) in [5.41, 5.74) is 1.17. The summed E-state index contributed by atoms with van der Waals surface area (Å²) in [5, 5.41) is 18.3. The third-order valence-electron chi connectivity index (χ3n) is 3.05. The summed E-state index contributed by atoms with van der Waals surface area (Å²) >= 11 is 0. The molecule has 0 aliphatic carbocycles.